The van der Waals surface area contributed by atoms with Crippen LogP contribution in [0.3, 0.4) is 0 Å². The van der Waals surface area contributed by atoms with E-state index >= 15 is 0 Å². The Kier molecular flexibility index (Phi) is 8.27. The summed E-state index contributed by atoms with van der Waals surface area (Å²) >= 11 is 0. The molecule has 0 spiro atoms. The van der Waals surface area contributed by atoms with Crippen LogP contribution < -0.4 is 14.4 Å². The second-order valence-corrected chi connectivity index (χ2v) is 9.38. The van der Waals surface area contributed by atoms with E-state index in [1.807, 2.05) is 13.0 Å². The van der Waals surface area contributed by atoms with Crippen molar-refractivity contribution in [3.05, 3.63) is 96.6 Å². The van der Waals surface area contributed by atoms with Crippen LogP contribution in [-0.4, -0.2) is 40.6 Å². The number of hydrogen-bond acceptors (Lipinski definition) is 6. The van der Waals surface area contributed by atoms with E-state index in [-0.39, 0.29) is 17.0 Å². The molecule has 0 bridgehead atoms. The van der Waals surface area contributed by atoms with E-state index in [9.17, 15) is 18.0 Å². The summed E-state index contributed by atoms with van der Waals surface area (Å²) in [6, 6.07) is 19.3. The normalized spacial score (nSPS) is 10.8. The molecule has 0 aromatic heterocycles. The van der Waals surface area contributed by atoms with Crippen LogP contribution in [-0.2, 0) is 19.6 Å². The molecule has 3 aromatic rings. The van der Waals surface area contributed by atoms with E-state index in [1.165, 1.54) is 41.8 Å². The van der Waals surface area contributed by atoms with Crippen LogP contribution >= 0.6 is 0 Å². The molecular formula is C26H26N2O6S. The van der Waals surface area contributed by atoms with E-state index in [4.69, 9.17) is 9.47 Å². The van der Waals surface area contributed by atoms with Crippen molar-refractivity contribution in [2.24, 2.45) is 0 Å². The molecule has 0 radical (unpaired) electrons. The van der Waals surface area contributed by atoms with Crippen LogP contribution in [0, 0.1) is 6.92 Å². The van der Waals surface area contributed by atoms with Gasteiger partial charge in [0.15, 0.2) is 6.61 Å². The Balaban J connectivity index is 1.73. The number of anilines is 2. The molecule has 0 aliphatic heterocycles. The van der Waals surface area contributed by atoms with E-state index in [0.29, 0.717) is 17.1 Å². The van der Waals surface area contributed by atoms with Crippen LogP contribution in [0.4, 0.5) is 11.4 Å². The highest BCUT2D eigenvalue weighted by atomic mass is 32.2. The van der Waals surface area contributed by atoms with Gasteiger partial charge in [-0.3, -0.25) is 9.10 Å². The lowest BCUT2D eigenvalue weighted by Gasteiger charge is -2.23. The molecule has 182 valence electrons. The summed E-state index contributed by atoms with van der Waals surface area (Å²) in [6.45, 7) is 4.99. The fourth-order valence-electron chi connectivity index (χ4n) is 3.28. The zero-order valence-electron chi connectivity index (χ0n) is 19.4. The molecule has 1 N–H and O–H groups in total. The van der Waals surface area contributed by atoms with Crippen molar-refractivity contribution in [2.75, 3.05) is 29.9 Å². The van der Waals surface area contributed by atoms with Gasteiger partial charge in [-0.15, -0.1) is 6.58 Å². The van der Waals surface area contributed by atoms with Crippen molar-refractivity contribution < 1.29 is 27.5 Å². The molecule has 9 heteroatoms. The number of esters is 1. The zero-order chi connectivity index (χ0) is 25.4. The number of aryl methyl sites for hydroxylation is 1. The monoisotopic (exact) mass is 494 g/mol. The Hall–Kier alpha value is -4.11. The fraction of sp³-hybridized carbons (Fsp3) is 0.154. The van der Waals surface area contributed by atoms with Gasteiger partial charge in [0, 0.05) is 0 Å². The maximum atomic E-state index is 13.3. The first kappa shape index (κ1) is 25.5. The molecule has 0 fully saturated rings. The first-order valence-electron chi connectivity index (χ1n) is 10.7. The Morgan fingerprint density at radius 2 is 1.77 bits per heavy atom. The lowest BCUT2D eigenvalue weighted by atomic mass is 10.2. The third kappa shape index (κ3) is 6.27. The molecule has 1 amide bonds. The third-order valence-electron chi connectivity index (χ3n) is 4.96. The first-order chi connectivity index (χ1) is 16.8. The fourth-order valence-corrected chi connectivity index (χ4v) is 4.77. The van der Waals surface area contributed by atoms with Crippen LogP contribution in [0.5, 0.6) is 5.75 Å². The molecule has 0 aliphatic rings. The number of hydrogen-bond donors (Lipinski definition) is 1. The van der Waals surface area contributed by atoms with Crippen LogP contribution in [0.1, 0.15) is 15.9 Å². The van der Waals surface area contributed by atoms with Crippen molar-refractivity contribution in [3.8, 4) is 5.75 Å². The predicted molar refractivity (Wildman–Crippen MR) is 134 cm³/mol. The van der Waals surface area contributed by atoms with E-state index in [2.05, 4.69) is 11.9 Å². The number of amides is 1. The molecule has 3 rings (SSSR count). The SMILES string of the molecule is C=CCN(c1ccccc1)S(=O)(=O)c1cccc(C(=O)OCC(=O)Nc2cc(C)ccc2OC)c1. The number of benzene rings is 3. The quantitative estimate of drug-likeness (QED) is 0.335. The van der Waals surface area contributed by atoms with Gasteiger partial charge < -0.3 is 14.8 Å². The molecule has 0 aliphatic carbocycles. The summed E-state index contributed by atoms with van der Waals surface area (Å²) in [4.78, 5) is 24.8. The zero-order valence-corrected chi connectivity index (χ0v) is 20.2. The van der Waals surface area contributed by atoms with Gasteiger partial charge in [0.25, 0.3) is 15.9 Å². The summed E-state index contributed by atoms with van der Waals surface area (Å²) in [5, 5.41) is 2.64. The van der Waals surface area contributed by atoms with Crippen molar-refractivity contribution >= 4 is 33.3 Å². The number of sulfonamides is 1. The van der Waals surface area contributed by atoms with E-state index in [1.54, 1.807) is 42.5 Å². The molecule has 0 saturated carbocycles. The summed E-state index contributed by atoms with van der Waals surface area (Å²) in [6.07, 6.45) is 1.48. The molecular weight excluding hydrogens is 468 g/mol. The van der Waals surface area contributed by atoms with Crippen LogP contribution in [0.2, 0.25) is 0 Å². The minimum atomic E-state index is -3.99. The van der Waals surface area contributed by atoms with Gasteiger partial charge in [-0.2, -0.15) is 0 Å². The number of methoxy groups -OCH3 is 1. The van der Waals surface area contributed by atoms with Gasteiger partial charge in [-0.1, -0.05) is 36.4 Å². The third-order valence-corrected chi connectivity index (χ3v) is 6.75. The molecule has 0 heterocycles. The summed E-state index contributed by atoms with van der Waals surface area (Å²) in [5.74, 6) is -0.925. The average Bonchev–Trinajstić information content (AvgIpc) is 2.86. The predicted octanol–water partition coefficient (Wildman–Crippen LogP) is 4.18. The van der Waals surface area contributed by atoms with Gasteiger partial charge in [0.1, 0.15) is 5.75 Å². The standard InChI is InChI=1S/C26H26N2O6S/c1-4-15-28(21-10-6-5-7-11-21)35(31,32)22-12-8-9-20(17-22)26(30)34-18-25(29)27-23-16-19(2)13-14-24(23)33-3/h4-14,16-17H,1,15,18H2,2-3H3,(H,27,29). The highest BCUT2D eigenvalue weighted by Crippen LogP contribution is 2.26. The Morgan fingerprint density at radius 1 is 1.03 bits per heavy atom. The lowest BCUT2D eigenvalue weighted by molar-refractivity contribution is -0.119. The molecule has 8 nitrogen and oxygen atoms in total. The number of carbonyl (C=O) groups is 2. The smallest absolute Gasteiger partial charge is 0.338 e. The molecule has 0 atom stereocenters. The highest BCUT2D eigenvalue weighted by Gasteiger charge is 2.25. The molecule has 0 saturated heterocycles. The number of ether oxygens (including phenoxy) is 2. The molecule has 0 unspecified atom stereocenters. The second kappa shape index (κ2) is 11.3. The van der Waals surface area contributed by atoms with Crippen molar-refractivity contribution in [1.82, 2.24) is 0 Å². The largest absolute Gasteiger partial charge is 0.495 e. The maximum absolute atomic E-state index is 13.3. The van der Waals surface area contributed by atoms with Crippen molar-refractivity contribution in [1.29, 1.82) is 0 Å². The molecule has 3 aromatic carbocycles. The van der Waals surface area contributed by atoms with Gasteiger partial charge in [-0.05, 0) is 55.0 Å². The Bertz CT molecular complexity index is 1320. The highest BCUT2D eigenvalue weighted by molar-refractivity contribution is 7.92. The van der Waals surface area contributed by atoms with Gasteiger partial charge in [0.2, 0.25) is 0 Å². The van der Waals surface area contributed by atoms with Crippen molar-refractivity contribution in [3.63, 3.8) is 0 Å². The first-order valence-corrected chi connectivity index (χ1v) is 12.1. The Labute approximate surface area is 204 Å². The number of nitrogens with zero attached hydrogens (tertiary/aromatic N) is 1. The number of carbonyl (C=O) groups excluding carboxylic acids is 2. The van der Waals surface area contributed by atoms with Gasteiger partial charge in [0.05, 0.1) is 35.5 Å². The van der Waals surface area contributed by atoms with E-state index in [0.717, 1.165) is 5.56 Å². The number of para-hydroxylation sites is 1. The summed E-state index contributed by atoms with van der Waals surface area (Å²) in [5.41, 5.74) is 1.82. The van der Waals surface area contributed by atoms with Gasteiger partial charge >= 0.3 is 5.97 Å². The van der Waals surface area contributed by atoms with Crippen molar-refractivity contribution in [2.45, 2.75) is 11.8 Å². The van der Waals surface area contributed by atoms with Crippen LogP contribution in [0.15, 0.2) is 90.3 Å². The minimum Gasteiger partial charge on any atom is -0.495 e. The topological polar surface area (TPSA) is 102 Å². The Morgan fingerprint density at radius 3 is 2.46 bits per heavy atom. The molecule has 35 heavy (non-hydrogen) atoms. The van der Waals surface area contributed by atoms with Crippen LogP contribution in [0.25, 0.3) is 0 Å². The average molecular weight is 495 g/mol. The second-order valence-electron chi connectivity index (χ2n) is 7.52. The summed E-state index contributed by atoms with van der Waals surface area (Å²) in [7, 11) is -2.51. The maximum Gasteiger partial charge on any atom is 0.338 e. The summed E-state index contributed by atoms with van der Waals surface area (Å²) < 4.78 is 38.1. The van der Waals surface area contributed by atoms with E-state index < -0.39 is 28.5 Å². The van der Waals surface area contributed by atoms with Gasteiger partial charge in [-0.25, -0.2) is 13.2 Å². The lowest BCUT2D eigenvalue weighted by Crippen LogP contribution is -2.31. The number of rotatable bonds is 10. The minimum absolute atomic E-state index is 0.00127. The number of nitrogens with one attached hydrogen (secondary N) is 1.